The van der Waals surface area contributed by atoms with Gasteiger partial charge in [0.15, 0.2) is 0 Å². The number of likely N-dealkylation sites (tertiary alicyclic amines) is 1. The average molecular weight is 412 g/mol. The summed E-state index contributed by atoms with van der Waals surface area (Å²) in [5, 5.41) is 4.02. The summed E-state index contributed by atoms with van der Waals surface area (Å²) in [4.78, 5) is 36.1. The van der Waals surface area contributed by atoms with Crippen LogP contribution < -0.4 is 10.9 Å². The van der Waals surface area contributed by atoms with Crippen LogP contribution in [0.5, 0.6) is 0 Å². The van der Waals surface area contributed by atoms with E-state index in [0.717, 1.165) is 61.0 Å². The van der Waals surface area contributed by atoms with E-state index in [9.17, 15) is 9.59 Å². The van der Waals surface area contributed by atoms with Gasteiger partial charge in [-0.3, -0.25) is 19.1 Å². The minimum atomic E-state index is -0.108. The van der Waals surface area contributed by atoms with Gasteiger partial charge in [0.1, 0.15) is 11.4 Å². The molecule has 0 bridgehead atoms. The number of halogens is 1. The Hall–Kier alpha value is -1.48. The fourth-order valence-corrected chi connectivity index (χ4v) is 4.93. The molecular formula is C18H26ClN5O2S. The maximum atomic E-state index is 12.8. The van der Waals surface area contributed by atoms with Crippen molar-refractivity contribution in [3.63, 3.8) is 0 Å². The summed E-state index contributed by atoms with van der Waals surface area (Å²) in [6.45, 7) is 9.68. The molecule has 4 rings (SSSR count). The Kier molecular flexibility index (Phi) is 6.20. The third-order valence-electron chi connectivity index (χ3n) is 5.65. The predicted octanol–water partition coefficient (Wildman–Crippen LogP) is 1.00. The molecule has 148 valence electrons. The molecule has 0 radical (unpaired) electrons. The molecule has 1 atom stereocenters. The van der Waals surface area contributed by atoms with Crippen molar-refractivity contribution in [2.75, 3.05) is 39.3 Å². The average Bonchev–Trinajstić information content (AvgIpc) is 3.24. The molecule has 0 saturated carbocycles. The second-order valence-corrected chi connectivity index (χ2v) is 8.41. The molecule has 2 aliphatic rings. The molecule has 1 unspecified atom stereocenters. The number of piperazine rings is 1. The molecule has 0 aliphatic carbocycles. The monoisotopic (exact) mass is 411 g/mol. The van der Waals surface area contributed by atoms with Crippen LogP contribution in [0.1, 0.15) is 16.9 Å². The number of carbonyl (C=O) groups excluding carboxylic acids is 1. The van der Waals surface area contributed by atoms with Gasteiger partial charge >= 0.3 is 0 Å². The molecule has 1 N–H and O–H groups in total. The first-order chi connectivity index (χ1) is 12.5. The highest BCUT2D eigenvalue weighted by molar-refractivity contribution is 7.18. The highest BCUT2D eigenvalue weighted by atomic mass is 35.5. The number of aryl methyl sites for hydroxylation is 2. The Balaban J connectivity index is 0.00000210. The van der Waals surface area contributed by atoms with Gasteiger partial charge in [-0.25, -0.2) is 4.98 Å². The van der Waals surface area contributed by atoms with E-state index in [1.165, 1.54) is 22.2 Å². The van der Waals surface area contributed by atoms with E-state index in [1.807, 2.05) is 18.7 Å². The molecule has 0 aromatic carbocycles. The molecule has 27 heavy (non-hydrogen) atoms. The summed E-state index contributed by atoms with van der Waals surface area (Å²) in [5.41, 5.74) is 0.868. The summed E-state index contributed by atoms with van der Waals surface area (Å²) in [5.74, 6) is 0.00971. The van der Waals surface area contributed by atoms with Crippen LogP contribution in [0.2, 0.25) is 0 Å². The fraction of sp³-hybridized carbons (Fsp3) is 0.611. The summed E-state index contributed by atoms with van der Waals surface area (Å²) in [7, 11) is 0. The SMILES string of the molecule is Cc1sc2ncn(CC(=O)N3CCC(N4CCNCC4)C3)c(=O)c2c1C.Cl. The molecule has 2 aliphatic heterocycles. The van der Waals surface area contributed by atoms with Crippen LogP contribution in [0, 0.1) is 13.8 Å². The molecule has 2 aromatic heterocycles. The van der Waals surface area contributed by atoms with Crippen LogP contribution in [0.25, 0.3) is 10.2 Å². The molecule has 2 fully saturated rings. The maximum absolute atomic E-state index is 12.8. The zero-order chi connectivity index (χ0) is 18.3. The molecule has 0 spiro atoms. The minimum absolute atomic E-state index is 0. The summed E-state index contributed by atoms with van der Waals surface area (Å²) in [6.07, 6.45) is 2.53. The lowest BCUT2D eigenvalue weighted by molar-refractivity contribution is -0.131. The zero-order valence-corrected chi connectivity index (χ0v) is 17.4. The van der Waals surface area contributed by atoms with Gasteiger partial charge < -0.3 is 10.2 Å². The number of nitrogens with zero attached hydrogens (tertiary/aromatic N) is 4. The van der Waals surface area contributed by atoms with Crippen molar-refractivity contribution in [2.45, 2.75) is 32.9 Å². The first-order valence-corrected chi connectivity index (χ1v) is 10.0. The first kappa shape index (κ1) is 20.3. The van der Waals surface area contributed by atoms with Crippen LogP contribution in [-0.4, -0.2) is 70.6 Å². The molecule has 4 heterocycles. The van der Waals surface area contributed by atoms with Crippen molar-refractivity contribution >= 4 is 39.9 Å². The number of carbonyl (C=O) groups is 1. The van der Waals surface area contributed by atoms with Crippen molar-refractivity contribution in [3.05, 3.63) is 27.1 Å². The van der Waals surface area contributed by atoms with E-state index >= 15 is 0 Å². The lowest BCUT2D eigenvalue weighted by atomic mass is 10.2. The molecular weight excluding hydrogens is 386 g/mol. The highest BCUT2D eigenvalue weighted by Gasteiger charge is 2.31. The summed E-state index contributed by atoms with van der Waals surface area (Å²) < 4.78 is 1.46. The Morgan fingerprint density at radius 1 is 1.30 bits per heavy atom. The summed E-state index contributed by atoms with van der Waals surface area (Å²) >= 11 is 1.53. The normalized spacial score (nSPS) is 20.8. The van der Waals surface area contributed by atoms with Crippen molar-refractivity contribution in [2.24, 2.45) is 0 Å². The molecule has 7 nitrogen and oxygen atoms in total. The van der Waals surface area contributed by atoms with Crippen LogP contribution in [0.15, 0.2) is 11.1 Å². The first-order valence-electron chi connectivity index (χ1n) is 9.22. The van der Waals surface area contributed by atoms with Gasteiger partial charge in [-0.05, 0) is 25.8 Å². The minimum Gasteiger partial charge on any atom is -0.340 e. The number of amides is 1. The molecule has 1 amide bonds. The number of thiophene rings is 1. The smallest absolute Gasteiger partial charge is 0.262 e. The van der Waals surface area contributed by atoms with Crippen molar-refractivity contribution in [3.8, 4) is 0 Å². The van der Waals surface area contributed by atoms with Crippen molar-refractivity contribution in [1.29, 1.82) is 0 Å². The Morgan fingerprint density at radius 3 is 2.78 bits per heavy atom. The van der Waals surface area contributed by atoms with Crippen molar-refractivity contribution < 1.29 is 4.79 Å². The lowest BCUT2D eigenvalue weighted by Crippen LogP contribution is -2.49. The quantitative estimate of drug-likeness (QED) is 0.816. The number of aromatic nitrogens is 2. The fourth-order valence-electron chi connectivity index (χ4n) is 3.94. The van der Waals surface area contributed by atoms with E-state index in [0.29, 0.717) is 11.4 Å². The summed E-state index contributed by atoms with van der Waals surface area (Å²) in [6, 6.07) is 0.445. The second-order valence-electron chi connectivity index (χ2n) is 7.21. The van der Waals surface area contributed by atoms with Gasteiger partial charge in [-0.15, -0.1) is 23.7 Å². The zero-order valence-electron chi connectivity index (χ0n) is 15.7. The third-order valence-corrected chi connectivity index (χ3v) is 6.76. The standard InChI is InChI=1S/C18H25N5O2S.ClH/c1-12-13(2)26-17-16(12)18(25)23(11-20-17)10-15(24)22-6-3-14(9-22)21-7-4-19-5-8-21;/h11,14,19H,3-10H2,1-2H3;1H. The second kappa shape index (κ2) is 8.26. The Labute approximate surface area is 168 Å². The molecule has 9 heteroatoms. The van der Waals surface area contributed by atoms with E-state index in [-0.39, 0.29) is 30.4 Å². The maximum Gasteiger partial charge on any atom is 0.262 e. The highest BCUT2D eigenvalue weighted by Crippen LogP contribution is 2.25. The van der Waals surface area contributed by atoms with E-state index in [4.69, 9.17) is 0 Å². The van der Waals surface area contributed by atoms with Crippen LogP contribution in [-0.2, 0) is 11.3 Å². The number of rotatable bonds is 3. The van der Waals surface area contributed by atoms with E-state index in [2.05, 4.69) is 15.2 Å². The van der Waals surface area contributed by atoms with Gasteiger partial charge in [-0.2, -0.15) is 0 Å². The van der Waals surface area contributed by atoms with E-state index < -0.39 is 0 Å². The van der Waals surface area contributed by atoms with Gasteiger partial charge in [0.2, 0.25) is 5.91 Å². The van der Waals surface area contributed by atoms with E-state index in [1.54, 1.807) is 0 Å². The van der Waals surface area contributed by atoms with Crippen molar-refractivity contribution in [1.82, 2.24) is 24.7 Å². The molecule has 2 saturated heterocycles. The van der Waals surface area contributed by atoms with Gasteiger partial charge in [0, 0.05) is 50.2 Å². The molecule has 2 aromatic rings. The Morgan fingerprint density at radius 2 is 2.04 bits per heavy atom. The predicted molar refractivity (Wildman–Crippen MR) is 110 cm³/mol. The van der Waals surface area contributed by atoms with Gasteiger partial charge in [-0.1, -0.05) is 0 Å². The van der Waals surface area contributed by atoms with Gasteiger partial charge in [0.05, 0.1) is 11.7 Å². The number of fused-ring (bicyclic) bond motifs is 1. The number of hydrogen-bond donors (Lipinski definition) is 1. The third kappa shape index (κ3) is 3.89. The largest absolute Gasteiger partial charge is 0.340 e. The Bertz CT molecular complexity index is 890. The number of nitrogens with one attached hydrogen (secondary N) is 1. The number of hydrogen-bond acceptors (Lipinski definition) is 6. The lowest BCUT2D eigenvalue weighted by Gasteiger charge is -2.32. The van der Waals surface area contributed by atoms with Gasteiger partial charge in [0.25, 0.3) is 5.56 Å². The van der Waals surface area contributed by atoms with Crippen LogP contribution >= 0.6 is 23.7 Å². The van der Waals surface area contributed by atoms with Crippen LogP contribution in [0.3, 0.4) is 0 Å². The van der Waals surface area contributed by atoms with Crippen LogP contribution in [0.4, 0.5) is 0 Å². The topological polar surface area (TPSA) is 70.5 Å².